The van der Waals surface area contributed by atoms with Crippen molar-refractivity contribution in [3.8, 4) is 0 Å². The van der Waals surface area contributed by atoms with Gasteiger partial charge >= 0.3 is 5.97 Å². The molecule has 2 aromatic rings. The highest BCUT2D eigenvalue weighted by Gasteiger charge is 2.12. The Kier molecular flexibility index (Phi) is 4.47. The minimum absolute atomic E-state index is 0.339. The van der Waals surface area contributed by atoms with Crippen molar-refractivity contribution in [2.45, 2.75) is 13.5 Å². The Morgan fingerprint density at radius 1 is 1.48 bits per heavy atom. The second-order valence-corrected chi connectivity index (χ2v) is 4.87. The number of rotatable bonds is 5. The van der Waals surface area contributed by atoms with Gasteiger partial charge in [-0.05, 0) is 25.1 Å². The van der Waals surface area contributed by atoms with Crippen LogP contribution in [0.3, 0.4) is 0 Å². The van der Waals surface area contributed by atoms with Gasteiger partial charge in [-0.2, -0.15) is 5.10 Å². The minimum Gasteiger partial charge on any atom is -0.462 e. The lowest BCUT2D eigenvalue weighted by molar-refractivity contribution is 0.0526. The van der Waals surface area contributed by atoms with Crippen molar-refractivity contribution in [3.05, 3.63) is 41.7 Å². The fraction of sp³-hybridized carbons (Fsp3) is 0.333. The van der Waals surface area contributed by atoms with Gasteiger partial charge in [0.25, 0.3) is 0 Å². The van der Waals surface area contributed by atoms with E-state index in [0.29, 0.717) is 24.4 Å². The Labute approximate surface area is 124 Å². The molecular formula is C15H20N4O2. The summed E-state index contributed by atoms with van der Waals surface area (Å²) in [7, 11) is 3.80. The van der Waals surface area contributed by atoms with Gasteiger partial charge in [0.15, 0.2) is 0 Å². The first-order valence-electron chi connectivity index (χ1n) is 6.76. The molecule has 2 rings (SSSR count). The molecule has 0 bridgehead atoms. The molecule has 21 heavy (non-hydrogen) atoms. The maximum atomic E-state index is 11.8. The molecular weight excluding hydrogens is 268 g/mol. The smallest absolute Gasteiger partial charge is 0.338 e. The molecule has 0 saturated carbocycles. The van der Waals surface area contributed by atoms with Crippen LogP contribution in [-0.4, -0.2) is 29.4 Å². The van der Waals surface area contributed by atoms with Crippen LogP contribution in [0.15, 0.2) is 30.6 Å². The van der Waals surface area contributed by atoms with Crippen LogP contribution in [0.5, 0.6) is 0 Å². The van der Waals surface area contributed by atoms with E-state index in [0.717, 1.165) is 11.3 Å². The average Bonchev–Trinajstić information content (AvgIpc) is 2.84. The number of benzene rings is 1. The first-order valence-corrected chi connectivity index (χ1v) is 6.76. The van der Waals surface area contributed by atoms with Gasteiger partial charge in [-0.1, -0.05) is 0 Å². The third-order valence-electron chi connectivity index (χ3n) is 3.13. The SMILES string of the molecule is CCOC(=O)c1ccc(N)c(N(C)Cc2cnn(C)c2)c1. The summed E-state index contributed by atoms with van der Waals surface area (Å²) in [4.78, 5) is 13.8. The maximum absolute atomic E-state index is 11.8. The van der Waals surface area contributed by atoms with Crippen molar-refractivity contribution in [1.82, 2.24) is 9.78 Å². The number of hydrogen-bond acceptors (Lipinski definition) is 5. The van der Waals surface area contributed by atoms with Crippen LogP contribution >= 0.6 is 0 Å². The molecule has 0 unspecified atom stereocenters. The topological polar surface area (TPSA) is 73.4 Å². The standard InChI is InChI=1S/C15H20N4O2/c1-4-21-15(20)12-5-6-13(16)14(7-12)18(2)9-11-8-17-19(3)10-11/h5-8,10H,4,9,16H2,1-3H3. The first-order chi connectivity index (χ1) is 10.0. The summed E-state index contributed by atoms with van der Waals surface area (Å²) >= 11 is 0. The summed E-state index contributed by atoms with van der Waals surface area (Å²) in [6, 6.07) is 5.15. The van der Waals surface area contributed by atoms with Crippen LogP contribution in [0, 0.1) is 0 Å². The van der Waals surface area contributed by atoms with Crippen LogP contribution in [0.1, 0.15) is 22.8 Å². The number of aryl methyl sites for hydroxylation is 1. The molecule has 0 aliphatic rings. The fourth-order valence-electron chi connectivity index (χ4n) is 2.13. The number of nitrogen functional groups attached to an aromatic ring is 1. The maximum Gasteiger partial charge on any atom is 0.338 e. The molecule has 6 heteroatoms. The van der Waals surface area contributed by atoms with Gasteiger partial charge in [0.2, 0.25) is 0 Å². The Hall–Kier alpha value is -2.50. The number of ether oxygens (including phenoxy) is 1. The minimum atomic E-state index is -0.339. The van der Waals surface area contributed by atoms with Crippen molar-refractivity contribution >= 4 is 17.3 Å². The lowest BCUT2D eigenvalue weighted by atomic mass is 10.1. The monoisotopic (exact) mass is 288 g/mol. The van der Waals surface area contributed by atoms with Gasteiger partial charge in [0.1, 0.15) is 0 Å². The first kappa shape index (κ1) is 14.9. The van der Waals surface area contributed by atoms with Crippen LogP contribution < -0.4 is 10.6 Å². The normalized spacial score (nSPS) is 10.4. The Bertz CT molecular complexity index is 636. The number of hydrogen-bond donors (Lipinski definition) is 1. The van der Waals surface area contributed by atoms with Crippen molar-refractivity contribution in [2.24, 2.45) is 7.05 Å². The molecule has 112 valence electrons. The third-order valence-corrected chi connectivity index (χ3v) is 3.13. The third kappa shape index (κ3) is 3.53. The van der Waals surface area contributed by atoms with Crippen molar-refractivity contribution in [2.75, 3.05) is 24.3 Å². The number of carbonyl (C=O) groups is 1. The fourth-order valence-corrected chi connectivity index (χ4v) is 2.13. The molecule has 0 aliphatic heterocycles. The number of anilines is 2. The lowest BCUT2D eigenvalue weighted by Gasteiger charge is -2.21. The van der Waals surface area contributed by atoms with E-state index in [1.807, 2.05) is 31.4 Å². The summed E-state index contributed by atoms with van der Waals surface area (Å²) in [5, 5.41) is 4.14. The summed E-state index contributed by atoms with van der Waals surface area (Å²) in [6.45, 7) is 2.79. The van der Waals surface area contributed by atoms with Gasteiger partial charge in [0.05, 0.1) is 29.7 Å². The highest BCUT2D eigenvalue weighted by atomic mass is 16.5. The van der Waals surface area contributed by atoms with E-state index >= 15 is 0 Å². The van der Waals surface area contributed by atoms with E-state index in [1.165, 1.54) is 0 Å². The highest BCUT2D eigenvalue weighted by Crippen LogP contribution is 2.25. The predicted molar refractivity (Wildman–Crippen MR) is 82.1 cm³/mol. The molecule has 1 aromatic carbocycles. The van der Waals surface area contributed by atoms with Crippen molar-refractivity contribution in [3.63, 3.8) is 0 Å². The zero-order valence-corrected chi connectivity index (χ0v) is 12.5. The van der Waals surface area contributed by atoms with E-state index in [-0.39, 0.29) is 5.97 Å². The molecule has 0 fully saturated rings. The molecule has 0 atom stereocenters. The highest BCUT2D eigenvalue weighted by molar-refractivity contribution is 5.92. The van der Waals surface area contributed by atoms with Crippen LogP contribution in [0.4, 0.5) is 11.4 Å². The molecule has 0 spiro atoms. The molecule has 1 heterocycles. The number of nitrogens with zero attached hydrogens (tertiary/aromatic N) is 3. The number of carbonyl (C=O) groups excluding carboxylic acids is 1. The Balaban J connectivity index is 2.21. The van der Waals surface area contributed by atoms with Gasteiger partial charge < -0.3 is 15.4 Å². The van der Waals surface area contributed by atoms with E-state index in [2.05, 4.69) is 5.10 Å². The predicted octanol–water partition coefficient (Wildman–Crippen LogP) is 1.82. The Morgan fingerprint density at radius 2 is 2.24 bits per heavy atom. The van der Waals surface area contributed by atoms with Crippen molar-refractivity contribution in [1.29, 1.82) is 0 Å². The second-order valence-electron chi connectivity index (χ2n) is 4.87. The lowest BCUT2D eigenvalue weighted by Crippen LogP contribution is -2.18. The van der Waals surface area contributed by atoms with Crippen molar-refractivity contribution < 1.29 is 9.53 Å². The summed E-state index contributed by atoms with van der Waals surface area (Å²) in [5.41, 5.74) is 8.99. The molecule has 0 radical (unpaired) electrons. The molecule has 2 N–H and O–H groups in total. The second kappa shape index (κ2) is 6.30. The number of aromatic nitrogens is 2. The molecule has 0 amide bonds. The van der Waals surface area contributed by atoms with Gasteiger partial charge in [-0.3, -0.25) is 4.68 Å². The van der Waals surface area contributed by atoms with E-state index in [4.69, 9.17) is 10.5 Å². The molecule has 6 nitrogen and oxygen atoms in total. The summed E-state index contributed by atoms with van der Waals surface area (Å²) in [5.74, 6) is -0.339. The molecule has 0 aliphatic carbocycles. The summed E-state index contributed by atoms with van der Waals surface area (Å²) in [6.07, 6.45) is 3.75. The van der Waals surface area contributed by atoms with E-state index < -0.39 is 0 Å². The van der Waals surface area contributed by atoms with Gasteiger partial charge in [0, 0.05) is 32.4 Å². The largest absolute Gasteiger partial charge is 0.462 e. The van der Waals surface area contributed by atoms with Crippen LogP contribution in [0.2, 0.25) is 0 Å². The molecule has 0 saturated heterocycles. The zero-order valence-electron chi connectivity index (χ0n) is 12.5. The average molecular weight is 288 g/mol. The molecule has 1 aromatic heterocycles. The summed E-state index contributed by atoms with van der Waals surface area (Å²) < 4.78 is 6.76. The van der Waals surface area contributed by atoms with Gasteiger partial charge in [-0.15, -0.1) is 0 Å². The number of nitrogens with two attached hydrogens (primary N) is 1. The van der Waals surface area contributed by atoms with Crippen LogP contribution in [0.25, 0.3) is 0 Å². The van der Waals surface area contributed by atoms with E-state index in [1.54, 1.807) is 29.8 Å². The Morgan fingerprint density at radius 3 is 2.86 bits per heavy atom. The van der Waals surface area contributed by atoms with Crippen LogP contribution in [-0.2, 0) is 18.3 Å². The number of esters is 1. The zero-order chi connectivity index (χ0) is 15.4. The van der Waals surface area contributed by atoms with Gasteiger partial charge in [-0.25, -0.2) is 4.79 Å². The quantitative estimate of drug-likeness (QED) is 0.671. The van der Waals surface area contributed by atoms with E-state index in [9.17, 15) is 4.79 Å².